The van der Waals surface area contributed by atoms with E-state index >= 15 is 0 Å². The molecule has 0 spiro atoms. The average Bonchev–Trinajstić information content (AvgIpc) is 2.82. The first-order valence-electron chi connectivity index (χ1n) is 5.75. The van der Waals surface area contributed by atoms with Gasteiger partial charge in [0.1, 0.15) is 0 Å². The van der Waals surface area contributed by atoms with Gasteiger partial charge in [0.05, 0.1) is 5.69 Å². The van der Waals surface area contributed by atoms with E-state index in [4.69, 9.17) is 0 Å². The molecule has 0 radical (unpaired) electrons. The molecule has 1 N–H and O–H groups in total. The summed E-state index contributed by atoms with van der Waals surface area (Å²) in [6, 6.07) is 3.16. The van der Waals surface area contributed by atoms with Gasteiger partial charge in [-0.3, -0.25) is 0 Å². The Kier molecular flexibility index (Phi) is 2.74. The summed E-state index contributed by atoms with van der Waals surface area (Å²) in [5.41, 5.74) is 1.55. The largest absolute Gasteiger partial charge is 0.453 e. The van der Waals surface area contributed by atoms with Crippen molar-refractivity contribution in [1.29, 1.82) is 0 Å². The van der Waals surface area contributed by atoms with Gasteiger partial charge in [0.15, 0.2) is 5.65 Å². The lowest BCUT2D eigenvalue weighted by atomic mass is 10.1. The topological polar surface area (TPSA) is 55.1 Å². The van der Waals surface area contributed by atoms with Crippen LogP contribution in [0.4, 0.5) is 13.2 Å². The zero-order valence-corrected chi connectivity index (χ0v) is 9.78. The summed E-state index contributed by atoms with van der Waals surface area (Å²) in [5, 5.41) is 13.8. The summed E-state index contributed by atoms with van der Waals surface area (Å²) < 4.78 is 39.0. The van der Waals surface area contributed by atoms with E-state index in [1.54, 1.807) is 6.07 Å². The molecule has 3 heterocycles. The van der Waals surface area contributed by atoms with Gasteiger partial charge in [0.25, 0.3) is 5.82 Å². The van der Waals surface area contributed by atoms with Crippen LogP contribution in [0.1, 0.15) is 17.9 Å². The van der Waals surface area contributed by atoms with Crippen molar-refractivity contribution in [3.8, 4) is 0 Å². The van der Waals surface area contributed by atoms with Gasteiger partial charge in [-0.1, -0.05) is 6.08 Å². The molecule has 2 aromatic rings. The normalized spacial score (nSPS) is 16.7. The lowest BCUT2D eigenvalue weighted by Crippen LogP contribution is -2.20. The van der Waals surface area contributed by atoms with E-state index in [1.165, 1.54) is 6.07 Å². The zero-order chi connectivity index (χ0) is 13.5. The predicted octanol–water partition coefficient (Wildman–Crippen LogP) is 1.52. The minimum atomic E-state index is -4.56. The molecule has 100 valence electrons. The van der Waals surface area contributed by atoms with Crippen LogP contribution in [0.25, 0.3) is 11.2 Å². The van der Waals surface area contributed by atoms with Gasteiger partial charge < -0.3 is 5.32 Å². The molecule has 0 saturated carbocycles. The van der Waals surface area contributed by atoms with Gasteiger partial charge in [-0.15, -0.1) is 10.2 Å². The smallest absolute Gasteiger partial charge is 0.313 e. The highest BCUT2D eigenvalue weighted by atomic mass is 19.4. The second-order valence-corrected chi connectivity index (χ2v) is 4.19. The Morgan fingerprint density at radius 3 is 2.74 bits per heavy atom. The average molecular weight is 269 g/mol. The van der Waals surface area contributed by atoms with Crippen LogP contribution in [0.15, 0.2) is 18.2 Å². The van der Waals surface area contributed by atoms with Gasteiger partial charge in [-0.2, -0.15) is 22.8 Å². The summed E-state index contributed by atoms with van der Waals surface area (Å²) in [4.78, 5) is 0. The molecule has 0 aliphatic carbocycles. The Labute approximate surface area is 106 Å². The van der Waals surface area contributed by atoms with Crippen molar-refractivity contribution < 1.29 is 13.2 Å². The molecule has 0 aromatic carbocycles. The van der Waals surface area contributed by atoms with Crippen molar-refractivity contribution >= 4 is 11.2 Å². The molecular weight excluding hydrogens is 259 g/mol. The molecule has 0 amide bonds. The summed E-state index contributed by atoms with van der Waals surface area (Å²) in [5.74, 6) is -1.10. The highest BCUT2D eigenvalue weighted by Crippen LogP contribution is 2.28. The first-order chi connectivity index (χ1) is 9.05. The number of hydrogen-bond acceptors (Lipinski definition) is 4. The van der Waals surface area contributed by atoms with Crippen molar-refractivity contribution in [2.24, 2.45) is 0 Å². The second-order valence-electron chi connectivity index (χ2n) is 4.19. The SMILES string of the molecule is FC(F)(F)c1nnc2ccc(C3=CCNCC3)nn12. The van der Waals surface area contributed by atoms with Gasteiger partial charge >= 0.3 is 6.18 Å². The molecule has 1 aliphatic rings. The predicted molar refractivity (Wildman–Crippen MR) is 61.2 cm³/mol. The van der Waals surface area contributed by atoms with E-state index in [0.29, 0.717) is 12.2 Å². The van der Waals surface area contributed by atoms with Crippen molar-refractivity contribution in [3.63, 3.8) is 0 Å². The van der Waals surface area contributed by atoms with E-state index in [2.05, 4.69) is 20.6 Å². The summed E-state index contributed by atoms with van der Waals surface area (Å²) in [7, 11) is 0. The second kappa shape index (κ2) is 4.30. The third-order valence-corrected chi connectivity index (χ3v) is 2.91. The molecule has 5 nitrogen and oxygen atoms in total. The molecule has 0 atom stereocenters. The third kappa shape index (κ3) is 2.19. The van der Waals surface area contributed by atoms with Gasteiger partial charge in [0.2, 0.25) is 0 Å². The monoisotopic (exact) mass is 269 g/mol. The van der Waals surface area contributed by atoms with Crippen LogP contribution in [0.2, 0.25) is 0 Å². The lowest BCUT2D eigenvalue weighted by molar-refractivity contribution is -0.146. The fourth-order valence-electron chi connectivity index (χ4n) is 1.99. The van der Waals surface area contributed by atoms with Crippen molar-refractivity contribution in [1.82, 2.24) is 25.1 Å². The minimum Gasteiger partial charge on any atom is -0.313 e. The highest BCUT2D eigenvalue weighted by molar-refractivity contribution is 5.64. The van der Waals surface area contributed by atoms with Gasteiger partial charge in [-0.25, -0.2) is 0 Å². The fourth-order valence-corrected chi connectivity index (χ4v) is 1.99. The number of nitrogens with zero attached hydrogens (tertiary/aromatic N) is 4. The van der Waals surface area contributed by atoms with Crippen LogP contribution in [0, 0.1) is 0 Å². The van der Waals surface area contributed by atoms with E-state index in [-0.39, 0.29) is 5.65 Å². The Bertz CT molecular complexity index is 643. The van der Waals surface area contributed by atoms with Crippen molar-refractivity contribution in [2.75, 3.05) is 13.1 Å². The molecular formula is C11H10F3N5. The maximum atomic E-state index is 12.7. The van der Waals surface area contributed by atoms with Crippen LogP contribution < -0.4 is 5.32 Å². The molecule has 1 aliphatic heterocycles. The Balaban J connectivity index is 2.11. The molecule has 2 aromatic heterocycles. The quantitative estimate of drug-likeness (QED) is 0.852. The maximum Gasteiger partial charge on any atom is 0.453 e. The van der Waals surface area contributed by atoms with Crippen LogP contribution in [-0.4, -0.2) is 32.9 Å². The van der Waals surface area contributed by atoms with E-state index in [1.807, 2.05) is 6.08 Å². The van der Waals surface area contributed by atoms with Crippen LogP contribution >= 0.6 is 0 Å². The van der Waals surface area contributed by atoms with Crippen molar-refractivity contribution in [3.05, 3.63) is 29.7 Å². The molecule has 0 saturated heterocycles. The van der Waals surface area contributed by atoms with E-state index in [9.17, 15) is 13.2 Å². The number of nitrogens with one attached hydrogen (secondary N) is 1. The number of halogens is 3. The first-order valence-corrected chi connectivity index (χ1v) is 5.75. The fraction of sp³-hybridized carbons (Fsp3) is 0.364. The van der Waals surface area contributed by atoms with Gasteiger partial charge in [0, 0.05) is 6.54 Å². The maximum absolute atomic E-state index is 12.7. The highest BCUT2D eigenvalue weighted by Gasteiger charge is 2.37. The zero-order valence-electron chi connectivity index (χ0n) is 9.78. The number of aromatic nitrogens is 4. The standard InChI is InChI=1S/C11H10F3N5/c12-11(13,14)10-17-16-9-2-1-8(18-19(9)10)7-3-5-15-6-4-7/h1-3,15H,4-6H2. The minimum absolute atomic E-state index is 0.0885. The summed E-state index contributed by atoms with van der Waals surface area (Å²) in [6.45, 7) is 1.49. The molecule has 0 unspecified atom stereocenters. The summed E-state index contributed by atoms with van der Waals surface area (Å²) in [6.07, 6.45) is -1.90. The number of alkyl halides is 3. The van der Waals surface area contributed by atoms with E-state index in [0.717, 1.165) is 23.1 Å². The molecule has 3 rings (SSSR count). The van der Waals surface area contributed by atoms with Gasteiger partial charge in [-0.05, 0) is 30.7 Å². The Morgan fingerprint density at radius 2 is 2.05 bits per heavy atom. The van der Waals surface area contributed by atoms with E-state index < -0.39 is 12.0 Å². The number of hydrogen-bond donors (Lipinski definition) is 1. The van der Waals surface area contributed by atoms with Crippen LogP contribution in [-0.2, 0) is 6.18 Å². The summed E-state index contributed by atoms with van der Waals surface area (Å²) >= 11 is 0. The van der Waals surface area contributed by atoms with Crippen LogP contribution in [0.3, 0.4) is 0 Å². The molecule has 19 heavy (non-hydrogen) atoms. The van der Waals surface area contributed by atoms with Crippen LogP contribution in [0.5, 0.6) is 0 Å². The molecule has 8 heteroatoms. The number of fused-ring (bicyclic) bond motifs is 1. The Morgan fingerprint density at radius 1 is 1.21 bits per heavy atom. The molecule has 0 fully saturated rings. The lowest BCUT2D eigenvalue weighted by Gasteiger charge is -2.13. The number of rotatable bonds is 1. The third-order valence-electron chi connectivity index (χ3n) is 2.91. The Hall–Kier alpha value is -1.96. The first kappa shape index (κ1) is 12.1. The molecule has 0 bridgehead atoms. The van der Waals surface area contributed by atoms with Crippen molar-refractivity contribution in [2.45, 2.75) is 12.6 Å².